The zero-order chi connectivity index (χ0) is 19.8. The lowest BCUT2D eigenvalue weighted by atomic mass is 10.1. The molecule has 2 aromatic carbocycles. The molecule has 0 spiro atoms. The van der Waals surface area contributed by atoms with Gasteiger partial charge in [0.15, 0.2) is 5.96 Å². The molecule has 3 rings (SSSR count). The predicted molar refractivity (Wildman–Crippen MR) is 115 cm³/mol. The number of hydrogen-bond acceptors (Lipinski definition) is 3. The molecule has 1 fully saturated rings. The molecule has 1 atom stereocenters. The van der Waals surface area contributed by atoms with E-state index < -0.39 is 0 Å². The van der Waals surface area contributed by atoms with Gasteiger partial charge in [-0.2, -0.15) is 0 Å². The van der Waals surface area contributed by atoms with Crippen molar-refractivity contribution in [2.75, 3.05) is 26.7 Å². The molecule has 5 heteroatoms. The molecular weight excluding hydrogens is 348 g/mol. The normalized spacial score (nSPS) is 18.1. The molecule has 0 aromatic heterocycles. The summed E-state index contributed by atoms with van der Waals surface area (Å²) in [6.45, 7) is 9.56. The summed E-state index contributed by atoms with van der Waals surface area (Å²) in [5, 5.41) is 6.80. The van der Waals surface area contributed by atoms with E-state index in [2.05, 4.69) is 82.9 Å². The van der Waals surface area contributed by atoms with Crippen molar-refractivity contribution in [1.82, 2.24) is 15.5 Å². The van der Waals surface area contributed by atoms with Crippen LogP contribution in [0.15, 0.2) is 53.5 Å². The number of morpholine rings is 1. The molecule has 1 aliphatic rings. The van der Waals surface area contributed by atoms with Crippen molar-refractivity contribution in [1.29, 1.82) is 0 Å². The first-order chi connectivity index (χ1) is 13.6. The summed E-state index contributed by atoms with van der Waals surface area (Å²) < 4.78 is 5.64. The van der Waals surface area contributed by atoms with E-state index in [4.69, 9.17) is 4.74 Å². The van der Waals surface area contributed by atoms with Gasteiger partial charge in [-0.1, -0.05) is 54.1 Å². The van der Waals surface area contributed by atoms with Gasteiger partial charge in [0.2, 0.25) is 0 Å². The number of aryl methyl sites for hydroxylation is 1. The molecule has 1 saturated heterocycles. The number of rotatable bonds is 6. The van der Waals surface area contributed by atoms with Crippen LogP contribution in [0.4, 0.5) is 0 Å². The van der Waals surface area contributed by atoms with Gasteiger partial charge in [-0.25, -0.2) is 0 Å². The predicted octanol–water partition coefficient (Wildman–Crippen LogP) is 3.08. The second-order valence-electron chi connectivity index (χ2n) is 7.50. The standard InChI is InChI=1S/C23H32N4O/c1-18-6-4-7-20(12-18)14-25-23(24-3)26-15-21-8-5-9-22(13-21)17-27-10-11-28-19(2)16-27/h4-9,12-13,19H,10-11,14-17H2,1-3H3,(H2,24,25,26). The van der Waals surface area contributed by atoms with Crippen molar-refractivity contribution in [3.8, 4) is 0 Å². The number of ether oxygens (including phenoxy) is 1. The molecule has 2 aromatic rings. The largest absolute Gasteiger partial charge is 0.376 e. The minimum absolute atomic E-state index is 0.321. The van der Waals surface area contributed by atoms with Crippen LogP contribution in [0.1, 0.15) is 29.2 Å². The first-order valence-electron chi connectivity index (χ1n) is 10.0. The van der Waals surface area contributed by atoms with Crippen LogP contribution in [0.2, 0.25) is 0 Å². The minimum atomic E-state index is 0.321. The van der Waals surface area contributed by atoms with Gasteiger partial charge in [0, 0.05) is 39.8 Å². The Morgan fingerprint density at radius 3 is 2.43 bits per heavy atom. The quantitative estimate of drug-likeness (QED) is 0.597. The molecule has 5 nitrogen and oxygen atoms in total. The molecule has 0 aliphatic carbocycles. The van der Waals surface area contributed by atoms with Gasteiger partial charge in [-0.15, -0.1) is 0 Å². The average molecular weight is 381 g/mol. The summed E-state index contributed by atoms with van der Waals surface area (Å²) >= 11 is 0. The molecule has 1 aliphatic heterocycles. The molecule has 0 radical (unpaired) electrons. The number of aliphatic imine (C=N–C) groups is 1. The lowest BCUT2D eigenvalue weighted by Gasteiger charge is -2.31. The summed E-state index contributed by atoms with van der Waals surface area (Å²) in [5.41, 5.74) is 5.13. The van der Waals surface area contributed by atoms with Crippen molar-refractivity contribution in [3.63, 3.8) is 0 Å². The van der Waals surface area contributed by atoms with Gasteiger partial charge in [-0.3, -0.25) is 9.89 Å². The van der Waals surface area contributed by atoms with Crippen molar-refractivity contribution in [3.05, 3.63) is 70.8 Å². The summed E-state index contributed by atoms with van der Waals surface area (Å²) in [4.78, 5) is 6.80. The molecular formula is C23H32N4O. The van der Waals surface area contributed by atoms with Crippen molar-refractivity contribution in [2.45, 2.75) is 39.6 Å². The maximum absolute atomic E-state index is 5.64. The van der Waals surface area contributed by atoms with Gasteiger partial charge in [-0.05, 0) is 30.5 Å². The number of guanidine groups is 1. The zero-order valence-electron chi connectivity index (χ0n) is 17.2. The van der Waals surface area contributed by atoms with Crippen LogP contribution >= 0.6 is 0 Å². The van der Waals surface area contributed by atoms with Crippen LogP contribution in [0.3, 0.4) is 0 Å². The third kappa shape index (κ3) is 6.36. The van der Waals surface area contributed by atoms with E-state index in [1.807, 2.05) is 7.05 Å². The summed E-state index contributed by atoms with van der Waals surface area (Å²) in [6.07, 6.45) is 0.321. The van der Waals surface area contributed by atoms with Crippen LogP contribution in [-0.2, 0) is 24.4 Å². The van der Waals surface area contributed by atoms with E-state index >= 15 is 0 Å². The molecule has 1 heterocycles. The highest BCUT2D eigenvalue weighted by molar-refractivity contribution is 5.79. The van der Waals surface area contributed by atoms with Crippen LogP contribution in [-0.4, -0.2) is 43.7 Å². The van der Waals surface area contributed by atoms with Crippen LogP contribution in [0.5, 0.6) is 0 Å². The smallest absolute Gasteiger partial charge is 0.191 e. The highest BCUT2D eigenvalue weighted by atomic mass is 16.5. The third-order valence-electron chi connectivity index (χ3n) is 4.95. The lowest BCUT2D eigenvalue weighted by molar-refractivity contribution is -0.0212. The number of nitrogens with one attached hydrogen (secondary N) is 2. The Balaban J connectivity index is 1.50. The molecule has 2 N–H and O–H groups in total. The van der Waals surface area contributed by atoms with E-state index in [9.17, 15) is 0 Å². The molecule has 0 saturated carbocycles. The fourth-order valence-corrected chi connectivity index (χ4v) is 3.54. The molecule has 0 bridgehead atoms. The monoisotopic (exact) mass is 380 g/mol. The molecule has 28 heavy (non-hydrogen) atoms. The van der Waals surface area contributed by atoms with E-state index in [-0.39, 0.29) is 0 Å². The Hall–Kier alpha value is -2.37. The summed E-state index contributed by atoms with van der Waals surface area (Å²) in [7, 11) is 1.81. The lowest BCUT2D eigenvalue weighted by Crippen LogP contribution is -2.40. The number of benzene rings is 2. The van der Waals surface area contributed by atoms with Gasteiger partial charge in [0.25, 0.3) is 0 Å². The Bertz CT molecular complexity index is 790. The highest BCUT2D eigenvalue weighted by Crippen LogP contribution is 2.12. The first-order valence-corrected chi connectivity index (χ1v) is 10.0. The Morgan fingerprint density at radius 1 is 1.07 bits per heavy atom. The maximum Gasteiger partial charge on any atom is 0.191 e. The van der Waals surface area contributed by atoms with Gasteiger partial charge in [0.05, 0.1) is 12.7 Å². The Kier molecular flexibility index (Phi) is 7.46. The fraction of sp³-hybridized carbons (Fsp3) is 0.435. The van der Waals surface area contributed by atoms with E-state index in [0.717, 1.165) is 45.3 Å². The van der Waals surface area contributed by atoms with Gasteiger partial charge in [0.1, 0.15) is 0 Å². The molecule has 0 amide bonds. The summed E-state index contributed by atoms with van der Waals surface area (Å²) in [5.74, 6) is 0.814. The van der Waals surface area contributed by atoms with Crippen molar-refractivity contribution < 1.29 is 4.74 Å². The molecule has 1 unspecified atom stereocenters. The summed E-state index contributed by atoms with van der Waals surface area (Å²) in [6, 6.07) is 17.3. The fourth-order valence-electron chi connectivity index (χ4n) is 3.54. The van der Waals surface area contributed by atoms with Gasteiger partial charge < -0.3 is 15.4 Å². The SMILES string of the molecule is CN=C(NCc1cccc(C)c1)NCc1cccc(CN2CCOC(C)C2)c1. The second-order valence-corrected chi connectivity index (χ2v) is 7.50. The molecule has 150 valence electrons. The second kappa shape index (κ2) is 10.2. The topological polar surface area (TPSA) is 48.9 Å². The Morgan fingerprint density at radius 2 is 1.75 bits per heavy atom. The van der Waals surface area contributed by atoms with E-state index in [1.54, 1.807) is 0 Å². The van der Waals surface area contributed by atoms with E-state index in [0.29, 0.717) is 6.10 Å². The number of hydrogen-bond donors (Lipinski definition) is 2. The minimum Gasteiger partial charge on any atom is -0.376 e. The van der Waals surface area contributed by atoms with Crippen LogP contribution in [0.25, 0.3) is 0 Å². The zero-order valence-corrected chi connectivity index (χ0v) is 17.2. The average Bonchev–Trinajstić information content (AvgIpc) is 2.68. The number of nitrogens with zero attached hydrogens (tertiary/aromatic N) is 2. The van der Waals surface area contributed by atoms with Crippen LogP contribution < -0.4 is 10.6 Å². The van der Waals surface area contributed by atoms with Crippen molar-refractivity contribution >= 4 is 5.96 Å². The van der Waals surface area contributed by atoms with Gasteiger partial charge >= 0.3 is 0 Å². The first kappa shape index (κ1) is 20.4. The maximum atomic E-state index is 5.64. The van der Waals surface area contributed by atoms with E-state index in [1.165, 1.54) is 22.3 Å². The van der Waals surface area contributed by atoms with Crippen LogP contribution in [0, 0.1) is 6.92 Å². The Labute approximate surface area is 168 Å². The third-order valence-corrected chi connectivity index (χ3v) is 4.95. The highest BCUT2D eigenvalue weighted by Gasteiger charge is 2.16. The van der Waals surface area contributed by atoms with Crippen molar-refractivity contribution in [2.24, 2.45) is 4.99 Å².